The third-order valence-electron chi connectivity index (χ3n) is 4.15. The van der Waals surface area contributed by atoms with Crippen LogP contribution in [0, 0.1) is 11.8 Å². The molecule has 1 aliphatic carbocycles. The Bertz CT molecular complexity index is 350. The zero-order valence-corrected chi connectivity index (χ0v) is 12.5. The van der Waals surface area contributed by atoms with E-state index >= 15 is 0 Å². The van der Waals surface area contributed by atoms with Crippen LogP contribution in [0.2, 0.25) is 0 Å². The second-order valence-electron chi connectivity index (χ2n) is 5.28. The van der Waals surface area contributed by atoms with E-state index in [1.807, 2.05) is 0 Å². The lowest BCUT2D eigenvalue weighted by atomic mass is 9.59. The normalized spacial score (nSPS) is 32.2. The highest BCUT2D eigenvalue weighted by atomic mass is 79.9. The van der Waals surface area contributed by atoms with Crippen LogP contribution in [0.3, 0.4) is 0 Å². The summed E-state index contributed by atoms with van der Waals surface area (Å²) in [6.07, 6.45) is 1.22. The highest BCUT2D eigenvalue weighted by Gasteiger charge is 2.44. The molecule has 0 bridgehead atoms. The van der Waals surface area contributed by atoms with Crippen LogP contribution in [0.15, 0.2) is 28.7 Å². The summed E-state index contributed by atoms with van der Waals surface area (Å²) >= 11 is 3.50. The van der Waals surface area contributed by atoms with Crippen LogP contribution in [0.4, 0.5) is 0 Å². The van der Waals surface area contributed by atoms with E-state index in [2.05, 4.69) is 66.3 Å². The molecule has 1 fully saturated rings. The Labute approximate surface area is 113 Å². The van der Waals surface area contributed by atoms with Gasteiger partial charge in [0.1, 0.15) is 0 Å². The fraction of sp³-hybridized carbons (Fsp3) is 0.600. The lowest BCUT2D eigenvalue weighted by Gasteiger charge is -2.50. The van der Waals surface area contributed by atoms with Crippen molar-refractivity contribution < 1.29 is 0 Å². The SMILES string of the molecule is CCCNC1C(C)C(c2ccc(Br)cc2)C1C. The molecule has 1 aromatic carbocycles. The average Bonchev–Trinajstić information content (AvgIpc) is 2.33. The van der Waals surface area contributed by atoms with Crippen LogP contribution in [-0.2, 0) is 0 Å². The van der Waals surface area contributed by atoms with Gasteiger partial charge in [0, 0.05) is 10.5 Å². The fourth-order valence-corrected chi connectivity index (χ4v) is 3.50. The number of hydrogen-bond donors (Lipinski definition) is 1. The van der Waals surface area contributed by atoms with Crippen LogP contribution >= 0.6 is 15.9 Å². The molecule has 1 N–H and O–H groups in total. The maximum atomic E-state index is 3.67. The Balaban J connectivity index is 2.02. The van der Waals surface area contributed by atoms with Gasteiger partial charge in [-0.2, -0.15) is 0 Å². The molecule has 0 radical (unpaired) electrons. The Morgan fingerprint density at radius 3 is 2.24 bits per heavy atom. The Hall–Kier alpha value is -0.340. The van der Waals surface area contributed by atoms with E-state index in [4.69, 9.17) is 0 Å². The largest absolute Gasteiger partial charge is 0.313 e. The molecule has 2 unspecified atom stereocenters. The van der Waals surface area contributed by atoms with E-state index in [1.165, 1.54) is 16.5 Å². The van der Waals surface area contributed by atoms with E-state index in [-0.39, 0.29) is 0 Å². The van der Waals surface area contributed by atoms with Crippen LogP contribution in [-0.4, -0.2) is 12.6 Å². The van der Waals surface area contributed by atoms with Gasteiger partial charge in [-0.05, 0) is 48.4 Å². The van der Waals surface area contributed by atoms with Crippen LogP contribution < -0.4 is 5.32 Å². The van der Waals surface area contributed by atoms with Gasteiger partial charge >= 0.3 is 0 Å². The number of rotatable bonds is 4. The molecule has 2 heteroatoms. The highest BCUT2D eigenvalue weighted by Crippen LogP contribution is 2.47. The average molecular weight is 296 g/mol. The Kier molecular flexibility index (Phi) is 4.26. The first-order chi connectivity index (χ1) is 8.15. The summed E-state index contributed by atoms with van der Waals surface area (Å²) in [6, 6.07) is 9.53. The smallest absolute Gasteiger partial charge is 0.0175 e. The molecule has 2 rings (SSSR count). The predicted octanol–water partition coefficient (Wildman–Crippen LogP) is 4.19. The van der Waals surface area contributed by atoms with Crippen molar-refractivity contribution in [3.63, 3.8) is 0 Å². The molecular weight excluding hydrogens is 274 g/mol. The lowest BCUT2D eigenvalue weighted by molar-refractivity contribution is 0.0968. The number of nitrogens with one attached hydrogen (secondary N) is 1. The third-order valence-corrected chi connectivity index (χ3v) is 4.68. The second-order valence-corrected chi connectivity index (χ2v) is 6.19. The molecule has 0 saturated heterocycles. The van der Waals surface area contributed by atoms with E-state index in [0.29, 0.717) is 6.04 Å². The molecule has 0 aromatic heterocycles. The zero-order chi connectivity index (χ0) is 12.4. The summed E-state index contributed by atoms with van der Waals surface area (Å²) in [4.78, 5) is 0. The number of benzene rings is 1. The highest BCUT2D eigenvalue weighted by molar-refractivity contribution is 9.10. The summed E-state index contributed by atoms with van der Waals surface area (Å²) in [6.45, 7) is 8.12. The van der Waals surface area contributed by atoms with Gasteiger partial charge in [0.05, 0.1) is 0 Å². The van der Waals surface area contributed by atoms with Crippen LogP contribution in [0.25, 0.3) is 0 Å². The molecular formula is C15H22BrN. The van der Waals surface area contributed by atoms with Crippen LogP contribution in [0.1, 0.15) is 38.7 Å². The predicted molar refractivity (Wildman–Crippen MR) is 77.3 cm³/mol. The first-order valence-corrected chi connectivity index (χ1v) is 7.43. The summed E-state index contributed by atoms with van der Waals surface area (Å²) in [7, 11) is 0. The van der Waals surface area contributed by atoms with Crippen molar-refractivity contribution in [2.75, 3.05) is 6.54 Å². The van der Waals surface area contributed by atoms with Gasteiger partial charge in [0.25, 0.3) is 0 Å². The second kappa shape index (κ2) is 5.53. The summed E-state index contributed by atoms with van der Waals surface area (Å²) < 4.78 is 1.17. The van der Waals surface area contributed by atoms with Gasteiger partial charge in [0.15, 0.2) is 0 Å². The van der Waals surface area contributed by atoms with Crippen molar-refractivity contribution in [2.24, 2.45) is 11.8 Å². The third kappa shape index (κ3) is 2.58. The maximum Gasteiger partial charge on any atom is 0.0175 e. The minimum Gasteiger partial charge on any atom is -0.313 e. The molecule has 1 aromatic rings. The van der Waals surface area contributed by atoms with Crippen LogP contribution in [0.5, 0.6) is 0 Å². The maximum absolute atomic E-state index is 3.67. The molecule has 17 heavy (non-hydrogen) atoms. The van der Waals surface area contributed by atoms with Gasteiger partial charge in [-0.15, -0.1) is 0 Å². The van der Waals surface area contributed by atoms with Crippen molar-refractivity contribution in [2.45, 2.75) is 39.2 Å². The van der Waals surface area contributed by atoms with E-state index < -0.39 is 0 Å². The molecule has 0 amide bonds. The van der Waals surface area contributed by atoms with Crippen molar-refractivity contribution in [3.05, 3.63) is 34.3 Å². The molecule has 1 aliphatic rings. The minimum atomic E-state index is 0.698. The lowest BCUT2D eigenvalue weighted by Crippen LogP contribution is -2.55. The molecule has 2 atom stereocenters. The molecule has 0 spiro atoms. The van der Waals surface area contributed by atoms with E-state index in [9.17, 15) is 0 Å². The first-order valence-electron chi connectivity index (χ1n) is 6.64. The zero-order valence-electron chi connectivity index (χ0n) is 10.9. The van der Waals surface area contributed by atoms with Gasteiger partial charge in [-0.1, -0.05) is 48.8 Å². The quantitative estimate of drug-likeness (QED) is 0.878. The monoisotopic (exact) mass is 295 g/mol. The molecule has 1 nitrogen and oxygen atoms in total. The Morgan fingerprint density at radius 2 is 1.71 bits per heavy atom. The molecule has 0 aliphatic heterocycles. The standard InChI is InChI=1S/C15H22BrN/c1-4-9-17-15-10(2)14(11(15)3)12-5-7-13(16)8-6-12/h5-8,10-11,14-15,17H,4,9H2,1-3H3. The molecule has 0 heterocycles. The van der Waals surface area contributed by atoms with E-state index in [1.54, 1.807) is 0 Å². The summed E-state index contributed by atoms with van der Waals surface area (Å²) in [5, 5.41) is 3.67. The summed E-state index contributed by atoms with van der Waals surface area (Å²) in [5.41, 5.74) is 1.49. The fourth-order valence-electron chi connectivity index (χ4n) is 3.23. The summed E-state index contributed by atoms with van der Waals surface area (Å²) in [5.74, 6) is 2.22. The van der Waals surface area contributed by atoms with Gasteiger partial charge in [-0.25, -0.2) is 0 Å². The van der Waals surface area contributed by atoms with Crippen molar-refractivity contribution in [3.8, 4) is 0 Å². The number of halogens is 1. The Morgan fingerprint density at radius 1 is 1.12 bits per heavy atom. The van der Waals surface area contributed by atoms with E-state index in [0.717, 1.165) is 24.3 Å². The topological polar surface area (TPSA) is 12.0 Å². The molecule has 1 saturated carbocycles. The number of hydrogen-bond acceptors (Lipinski definition) is 1. The van der Waals surface area contributed by atoms with Crippen molar-refractivity contribution >= 4 is 15.9 Å². The van der Waals surface area contributed by atoms with Crippen molar-refractivity contribution in [1.82, 2.24) is 5.32 Å². The molecule has 94 valence electrons. The van der Waals surface area contributed by atoms with Gasteiger partial charge in [-0.3, -0.25) is 0 Å². The minimum absolute atomic E-state index is 0.698. The van der Waals surface area contributed by atoms with Gasteiger partial charge < -0.3 is 5.32 Å². The first kappa shape index (κ1) is 13.1. The van der Waals surface area contributed by atoms with Gasteiger partial charge in [0.2, 0.25) is 0 Å². The van der Waals surface area contributed by atoms with Crippen molar-refractivity contribution in [1.29, 1.82) is 0 Å².